The lowest BCUT2D eigenvalue weighted by Crippen LogP contribution is -2.21. The molecule has 0 radical (unpaired) electrons. The smallest absolute Gasteiger partial charge is 0.485 e. The third-order valence-electron chi connectivity index (χ3n) is 4.24. The molecule has 2 aromatic carbocycles. The summed E-state index contributed by atoms with van der Waals surface area (Å²) >= 11 is 0. The van der Waals surface area contributed by atoms with Gasteiger partial charge in [-0.2, -0.15) is 13.2 Å². The average Bonchev–Trinajstić information content (AvgIpc) is 3.08. The van der Waals surface area contributed by atoms with Crippen LogP contribution in [0.2, 0.25) is 0 Å². The Morgan fingerprint density at radius 1 is 1.18 bits per heavy atom. The van der Waals surface area contributed by atoms with Gasteiger partial charge in [0, 0.05) is 11.8 Å². The van der Waals surface area contributed by atoms with Crippen molar-refractivity contribution in [3.63, 3.8) is 0 Å². The fraction of sp³-hybridized carbons (Fsp3) is 0.474. The van der Waals surface area contributed by atoms with Gasteiger partial charge in [-0.3, -0.25) is 0 Å². The highest BCUT2D eigenvalue weighted by Crippen LogP contribution is 2.34. The normalized spacial score (nSPS) is 20.0. The van der Waals surface area contributed by atoms with Gasteiger partial charge in [-0.1, -0.05) is 43.7 Å². The van der Waals surface area contributed by atoms with Gasteiger partial charge in [0.1, 0.15) is 5.75 Å². The van der Waals surface area contributed by atoms with Crippen LogP contribution in [0.4, 0.5) is 13.2 Å². The SMILES string of the molecule is CCCCOC1CCC[S+]1c1cccc2ccccc12.O=S(=O)([O-])C(F)(F)F. The summed E-state index contributed by atoms with van der Waals surface area (Å²) in [5.74, 6) is 1.30. The standard InChI is InChI=1S/C18H23OS.CHF3O3S/c1-2-3-13-19-18-12-7-14-20(18)17-11-6-9-15-8-4-5-10-16(15)17;2-1(3,4)8(5,6)7/h4-6,8-11,18H,2-3,7,12-14H2,1H3;(H,5,6,7)/q+1;/p-1. The summed E-state index contributed by atoms with van der Waals surface area (Å²) in [5, 5.41) is 2.78. The molecule has 1 heterocycles. The predicted octanol–water partition coefficient (Wildman–Crippen LogP) is 4.81. The molecule has 0 aromatic heterocycles. The van der Waals surface area contributed by atoms with Crippen LogP contribution < -0.4 is 0 Å². The highest BCUT2D eigenvalue weighted by atomic mass is 32.2. The Labute approximate surface area is 166 Å². The van der Waals surface area contributed by atoms with Gasteiger partial charge < -0.3 is 9.29 Å². The third kappa shape index (κ3) is 6.10. The summed E-state index contributed by atoms with van der Waals surface area (Å²) < 4.78 is 65.1. The molecule has 3 rings (SSSR count). The number of unbranched alkanes of at least 4 members (excludes halogenated alkanes) is 1. The molecule has 0 spiro atoms. The van der Waals surface area contributed by atoms with E-state index in [4.69, 9.17) is 17.7 Å². The molecule has 4 nitrogen and oxygen atoms in total. The van der Waals surface area contributed by atoms with Crippen molar-refractivity contribution in [3.05, 3.63) is 42.5 Å². The van der Waals surface area contributed by atoms with E-state index < -0.39 is 15.6 Å². The molecule has 1 fully saturated rings. The highest BCUT2D eigenvalue weighted by molar-refractivity contribution is 7.97. The minimum atomic E-state index is -6.09. The summed E-state index contributed by atoms with van der Waals surface area (Å²) in [6.07, 6.45) is 4.94. The first-order chi connectivity index (χ1) is 13.1. The van der Waals surface area contributed by atoms with E-state index in [-0.39, 0.29) is 10.9 Å². The van der Waals surface area contributed by atoms with Crippen molar-refractivity contribution in [2.45, 2.75) is 48.4 Å². The van der Waals surface area contributed by atoms with Gasteiger partial charge in [-0.25, -0.2) is 8.42 Å². The first-order valence-corrected chi connectivity index (χ1v) is 11.8. The van der Waals surface area contributed by atoms with E-state index in [0.717, 1.165) is 6.61 Å². The molecule has 0 amide bonds. The summed E-state index contributed by atoms with van der Waals surface area (Å²) in [5.41, 5.74) is -5.19. The molecular formula is C19H23F3O4S2. The van der Waals surface area contributed by atoms with E-state index in [1.165, 1.54) is 47.1 Å². The van der Waals surface area contributed by atoms with Crippen LogP contribution in [0, 0.1) is 0 Å². The topological polar surface area (TPSA) is 66.4 Å². The molecule has 0 bridgehead atoms. The van der Waals surface area contributed by atoms with Gasteiger partial charge in [0.2, 0.25) is 5.44 Å². The van der Waals surface area contributed by atoms with E-state index in [1.807, 2.05) is 0 Å². The zero-order valence-electron chi connectivity index (χ0n) is 15.4. The van der Waals surface area contributed by atoms with E-state index in [0.29, 0.717) is 5.44 Å². The van der Waals surface area contributed by atoms with Crippen LogP contribution >= 0.6 is 0 Å². The Kier molecular flexibility index (Phi) is 8.18. The number of hydrogen-bond acceptors (Lipinski definition) is 4. The average molecular weight is 437 g/mol. The number of hydrogen-bond donors (Lipinski definition) is 0. The fourth-order valence-electron chi connectivity index (χ4n) is 2.88. The van der Waals surface area contributed by atoms with Crippen molar-refractivity contribution >= 4 is 31.8 Å². The van der Waals surface area contributed by atoms with Gasteiger partial charge in [0.15, 0.2) is 15.0 Å². The van der Waals surface area contributed by atoms with Crippen LogP contribution in [0.5, 0.6) is 0 Å². The number of alkyl halides is 3. The van der Waals surface area contributed by atoms with Crippen molar-refractivity contribution in [1.82, 2.24) is 0 Å². The third-order valence-corrected chi connectivity index (χ3v) is 7.46. The number of rotatable bonds is 5. The lowest BCUT2D eigenvalue weighted by Gasteiger charge is -2.13. The van der Waals surface area contributed by atoms with Crippen molar-refractivity contribution in [3.8, 4) is 0 Å². The van der Waals surface area contributed by atoms with Gasteiger partial charge >= 0.3 is 5.51 Å². The molecule has 0 aliphatic carbocycles. The van der Waals surface area contributed by atoms with Crippen LogP contribution in [0.15, 0.2) is 47.4 Å². The molecule has 2 atom stereocenters. The Hall–Kier alpha value is -1.29. The van der Waals surface area contributed by atoms with Gasteiger partial charge in [-0.05, 0) is 30.4 Å². The van der Waals surface area contributed by atoms with Crippen molar-refractivity contribution < 1.29 is 30.9 Å². The monoisotopic (exact) mass is 436 g/mol. The Morgan fingerprint density at radius 2 is 1.82 bits per heavy atom. The maximum atomic E-state index is 10.7. The summed E-state index contributed by atoms with van der Waals surface area (Å²) in [6, 6.07) is 15.5. The molecule has 1 aliphatic rings. The van der Waals surface area contributed by atoms with Crippen LogP contribution in [0.1, 0.15) is 32.6 Å². The highest BCUT2D eigenvalue weighted by Gasteiger charge is 2.40. The zero-order chi connectivity index (χ0) is 20.8. The predicted molar refractivity (Wildman–Crippen MR) is 104 cm³/mol. The first kappa shape index (κ1) is 23.0. The van der Waals surface area contributed by atoms with E-state index in [1.54, 1.807) is 0 Å². The maximum Gasteiger partial charge on any atom is 0.485 e. The van der Waals surface area contributed by atoms with Crippen LogP contribution in [-0.4, -0.2) is 36.3 Å². The molecule has 2 aromatic rings. The number of benzene rings is 2. The molecule has 2 unspecified atom stereocenters. The molecule has 0 N–H and O–H groups in total. The lowest BCUT2D eigenvalue weighted by atomic mass is 10.1. The number of fused-ring (bicyclic) bond motifs is 1. The van der Waals surface area contributed by atoms with Crippen LogP contribution in [-0.2, 0) is 25.7 Å². The lowest BCUT2D eigenvalue weighted by molar-refractivity contribution is -0.0517. The molecule has 1 saturated heterocycles. The fourth-order valence-corrected chi connectivity index (χ4v) is 5.56. The van der Waals surface area contributed by atoms with E-state index in [9.17, 15) is 13.2 Å². The van der Waals surface area contributed by atoms with Gasteiger partial charge in [0.05, 0.1) is 17.5 Å². The van der Waals surface area contributed by atoms with Crippen LogP contribution in [0.3, 0.4) is 0 Å². The molecule has 0 saturated carbocycles. The van der Waals surface area contributed by atoms with Crippen molar-refractivity contribution in [2.75, 3.05) is 12.4 Å². The summed E-state index contributed by atoms with van der Waals surface area (Å²) in [4.78, 5) is 1.52. The second-order valence-corrected chi connectivity index (χ2v) is 9.91. The molecule has 28 heavy (non-hydrogen) atoms. The molecular weight excluding hydrogens is 413 g/mol. The largest absolute Gasteiger partial charge is 0.741 e. The van der Waals surface area contributed by atoms with Gasteiger partial charge in [0.25, 0.3) is 0 Å². The Morgan fingerprint density at radius 3 is 2.46 bits per heavy atom. The second-order valence-electron chi connectivity index (χ2n) is 6.31. The molecule has 156 valence electrons. The van der Waals surface area contributed by atoms with Crippen LogP contribution in [0.25, 0.3) is 10.8 Å². The molecule has 1 aliphatic heterocycles. The van der Waals surface area contributed by atoms with E-state index in [2.05, 4.69) is 49.4 Å². The Balaban J connectivity index is 0.000000300. The minimum absolute atomic E-state index is 0.271. The number of halogens is 3. The second kappa shape index (κ2) is 9.96. The van der Waals surface area contributed by atoms with E-state index >= 15 is 0 Å². The van der Waals surface area contributed by atoms with Crippen molar-refractivity contribution in [1.29, 1.82) is 0 Å². The summed E-state index contributed by atoms with van der Waals surface area (Å²) in [6.45, 7) is 3.15. The maximum absolute atomic E-state index is 10.7. The van der Waals surface area contributed by atoms with Crippen molar-refractivity contribution in [2.24, 2.45) is 0 Å². The number of ether oxygens (including phenoxy) is 1. The first-order valence-electron chi connectivity index (χ1n) is 8.96. The quantitative estimate of drug-likeness (QED) is 0.292. The van der Waals surface area contributed by atoms with Gasteiger partial charge in [-0.15, -0.1) is 0 Å². The zero-order valence-corrected chi connectivity index (χ0v) is 17.1. The molecule has 9 heteroatoms. The Bertz CT molecular complexity index is 864. The summed E-state index contributed by atoms with van der Waals surface area (Å²) in [7, 11) is -5.82. The minimum Gasteiger partial charge on any atom is -0.741 e.